The molecule has 136 valence electrons. The number of rotatable bonds is 4. The number of alkyl halides is 3. The van der Waals surface area contributed by atoms with Crippen LogP contribution in [0.1, 0.15) is 49.4 Å². The molecule has 0 N–H and O–H groups in total. The van der Waals surface area contributed by atoms with Gasteiger partial charge in [-0.25, -0.2) is 4.98 Å². The minimum Gasteiger partial charge on any atom is -0.486 e. The maximum Gasteiger partial charge on any atom is 0.403 e. The first-order chi connectivity index (χ1) is 11.8. The summed E-state index contributed by atoms with van der Waals surface area (Å²) in [5.41, 5.74) is -1.56. The van der Waals surface area contributed by atoms with Crippen LogP contribution >= 0.6 is 11.6 Å². The molecule has 0 spiro atoms. The third-order valence-corrected chi connectivity index (χ3v) is 4.95. The molecule has 7 heteroatoms. The number of hydrogen-bond donors (Lipinski definition) is 0. The Bertz CT molecular complexity index is 736. The monoisotopic (exact) mass is 373 g/mol. The van der Waals surface area contributed by atoms with Crippen molar-refractivity contribution in [2.75, 3.05) is 0 Å². The van der Waals surface area contributed by atoms with Crippen LogP contribution in [0.3, 0.4) is 0 Å². The lowest BCUT2D eigenvalue weighted by Crippen LogP contribution is -2.44. The highest BCUT2D eigenvalue weighted by molar-refractivity contribution is 6.30. The molecule has 1 aromatic heterocycles. The van der Waals surface area contributed by atoms with Crippen molar-refractivity contribution in [1.29, 1.82) is 0 Å². The quantitative estimate of drug-likeness (QED) is 0.661. The Kier molecular flexibility index (Phi) is 5.00. The van der Waals surface area contributed by atoms with Crippen LogP contribution in [0.25, 0.3) is 0 Å². The zero-order chi connectivity index (χ0) is 18.1. The molecular formula is C18H19ClF3NO2. The zero-order valence-corrected chi connectivity index (χ0v) is 14.6. The van der Waals surface area contributed by atoms with Gasteiger partial charge >= 0.3 is 6.18 Å². The molecule has 0 aliphatic heterocycles. The Hall–Kier alpha value is -1.69. The maximum atomic E-state index is 13.8. The van der Waals surface area contributed by atoms with Crippen LogP contribution < -0.4 is 4.74 Å². The molecule has 1 fully saturated rings. The highest BCUT2D eigenvalue weighted by Gasteiger charge is 2.59. The molecule has 3 nitrogen and oxygen atoms in total. The molecule has 1 aliphatic rings. The molecule has 2 aromatic rings. The zero-order valence-electron chi connectivity index (χ0n) is 13.8. The summed E-state index contributed by atoms with van der Waals surface area (Å²) >= 11 is 5.89. The van der Waals surface area contributed by atoms with Gasteiger partial charge in [-0.05, 0) is 38.0 Å². The van der Waals surface area contributed by atoms with E-state index in [-0.39, 0.29) is 25.3 Å². The van der Waals surface area contributed by atoms with Crippen molar-refractivity contribution in [3.63, 3.8) is 0 Å². The lowest BCUT2D eigenvalue weighted by atomic mass is 9.73. The Balaban J connectivity index is 1.83. The SMILES string of the molecule is Cc1nc(C2(C(F)(F)F)CCCCC2)oc1COc1cccc(Cl)c1. The second-order valence-corrected chi connectivity index (χ2v) is 6.85. The Labute approximate surface area is 149 Å². The largest absolute Gasteiger partial charge is 0.486 e. The van der Waals surface area contributed by atoms with Crippen molar-refractivity contribution in [1.82, 2.24) is 4.98 Å². The Morgan fingerprint density at radius 3 is 2.60 bits per heavy atom. The predicted molar refractivity (Wildman–Crippen MR) is 87.8 cm³/mol. The second kappa shape index (κ2) is 6.90. The molecule has 0 amide bonds. The van der Waals surface area contributed by atoms with Gasteiger partial charge in [0.05, 0.1) is 5.69 Å². The van der Waals surface area contributed by atoms with Crippen molar-refractivity contribution in [3.05, 3.63) is 46.6 Å². The summed E-state index contributed by atoms with van der Waals surface area (Å²) in [7, 11) is 0. The summed E-state index contributed by atoms with van der Waals surface area (Å²) in [6, 6.07) is 6.79. The first kappa shape index (κ1) is 18.1. The maximum absolute atomic E-state index is 13.8. The number of oxazole rings is 1. The number of nitrogens with zero attached hydrogens (tertiary/aromatic N) is 1. The molecule has 1 aromatic carbocycles. The predicted octanol–water partition coefficient (Wildman–Crippen LogP) is 5.98. The first-order valence-electron chi connectivity index (χ1n) is 8.24. The number of halogens is 4. The summed E-state index contributed by atoms with van der Waals surface area (Å²) in [6.45, 7) is 1.64. The van der Waals surface area contributed by atoms with Gasteiger partial charge in [-0.3, -0.25) is 0 Å². The molecule has 0 unspecified atom stereocenters. The van der Waals surface area contributed by atoms with E-state index in [0.29, 0.717) is 35.1 Å². The van der Waals surface area contributed by atoms with Crippen LogP contribution in [-0.4, -0.2) is 11.2 Å². The van der Waals surface area contributed by atoms with E-state index in [1.165, 1.54) is 0 Å². The van der Waals surface area contributed by atoms with Crippen LogP contribution in [-0.2, 0) is 12.0 Å². The minimum atomic E-state index is -4.38. The van der Waals surface area contributed by atoms with Crippen molar-refractivity contribution in [2.45, 2.75) is 57.2 Å². The average Bonchev–Trinajstić information content (AvgIpc) is 2.94. The number of aryl methyl sites for hydroxylation is 1. The lowest BCUT2D eigenvalue weighted by molar-refractivity contribution is -0.206. The van der Waals surface area contributed by atoms with Gasteiger partial charge in [-0.2, -0.15) is 13.2 Å². The van der Waals surface area contributed by atoms with Gasteiger partial charge in [0, 0.05) is 5.02 Å². The summed E-state index contributed by atoms with van der Waals surface area (Å²) in [5, 5.41) is 0.519. The van der Waals surface area contributed by atoms with Crippen molar-refractivity contribution < 1.29 is 22.3 Å². The van der Waals surface area contributed by atoms with Crippen LogP contribution in [0.4, 0.5) is 13.2 Å². The molecule has 0 atom stereocenters. The van der Waals surface area contributed by atoms with Crippen LogP contribution in [0.15, 0.2) is 28.7 Å². The van der Waals surface area contributed by atoms with E-state index >= 15 is 0 Å². The van der Waals surface area contributed by atoms with Gasteiger partial charge in [0.2, 0.25) is 5.89 Å². The summed E-state index contributed by atoms with van der Waals surface area (Å²) in [4.78, 5) is 4.11. The number of benzene rings is 1. The topological polar surface area (TPSA) is 35.3 Å². The number of hydrogen-bond acceptors (Lipinski definition) is 3. The van der Waals surface area contributed by atoms with Crippen LogP contribution in [0.5, 0.6) is 5.75 Å². The fraction of sp³-hybridized carbons (Fsp3) is 0.500. The molecule has 0 saturated heterocycles. The fourth-order valence-electron chi connectivity index (χ4n) is 3.25. The van der Waals surface area contributed by atoms with Gasteiger partial charge in [0.25, 0.3) is 0 Å². The van der Waals surface area contributed by atoms with E-state index in [2.05, 4.69) is 4.98 Å². The molecule has 1 heterocycles. The van der Waals surface area contributed by atoms with Gasteiger partial charge in [-0.1, -0.05) is 36.9 Å². The molecule has 3 rings (SSSR count). The molecule has 0 bridgehead atoms. The van der Waals surface area contributed by atoms with Gasteiger partial charge in [0.1, 0.15) is 17.8 Å². The third kappa shape index (κ3) is 3.64. The average molecular weight is 374 g/mol. The normalized spacial score (nSPS) is 17.5. The van der Waals surface area contributed by atoms with E-state index in [0.717, 1.165) is 6.42 Å². The highest BCUT2D eigenvalue weighted by atomic mass is 35.5. The number of ether oxygens (including phenoxy) is 1. The van der Waals surface area contributed by atoms with E-state index in [4.69, 9.17) is 20.8 Å². The Morgan fingerprint density at radius 2 is 1.96 bits per heavy atom. The standard InChI is InChI=1S/C18H19ClF3NO2/c1-12-15(11-24-14-7-5-6-13(19)10-14)25-16(23-12)17(18(20,21)22)8-3-2-4-9-17/h5-7,10H,2-4,8-9,11H2,1H3. The van der Waals surface area contributed by atoms with Gasteiger partial charge in [-0.15, -0.1) is 0 Å². The highest BCUT2D eigenvalue weighted by Crippen LogP contribution is 2.50. The molecular weight excluding hydrogens is 355 g/mol. The molecule has 1 saturated carbocycles. The van der Waals surface area contributed by atoms with Gasteiger partial charge < -0.3 is 9.15 Å². The van der Waals surface area contributed by atoms with Crippen molar-refractivity contribution >= 4 is 11.6 Å². The van der Waals surface area contributed by atoms with E-state index in [1.807, 2.05) is 0 Å². The molecule has 1 aliphatic carbocycles. The smallest absolute Gasteiger partial charge is 0.403 e. The molecule has 25 heavy (non-hydrogen) atoms. The second-order valence-electron chi connectivity index (χ2n) is 6.41. The minimum absolute atomic E-state index is 0.00706. The summed E-state index contributed by atoms with van der Waals surface area (Å²) in [5.74, 6) is 0.596. The lowest BCUT2D eigenvalue weighted by Gasteiger charge is -2.35. The van der Waals surface area contributed by atoms with Crippen molar-refractivity contribution in [3.8, 4) is 5.75 Å². The van der Waals surface area contributed by atoms with E-state index in [1.54, 1.807) is 31.2 Å². The number of aromatic nitrogens is 1. The molecule has 0 radical (unpaired) electrons. The summed E-state index contributed by atoms with van der Waals surface area (Å²) < 4.78 is 52.4. The van der Waals surface area contributed by atoms with Crippen molar-refractivity contribution in [2.24, 2.45) is 0 Å². The van der Waals surface area contributed by atoms with Crippen LogP contribution in [0.2, 0.25) is 5.02 Å². The van der Waals surface area contributed by atoms with E-state index in [9.17, 15) is 13.2 Å². The Morgan fingerprint density at radius 1 is 1.24 bits per heavy atom. The van der Waals surface area contributed by atoms with Crippen LogP contribution in [0, 0.1) is 6.92 Å². The summed E-state index contributed by atoms with van der Waals surface area (Å²) in [6.07, 6.45) is -2.49. The first-order valence-corrected chi connectivity index (χ1v) is 8.61. The third-order valence-electron chi connectivity index (χ3n) is 4.72. The van der Waals surface area contributed by atoms with E-state index < -0.39 is 11.6 Å². The fourth-order valence-corrected chi connectivity index (χ4v) is 3.43. The van der Waals surface area contributed by atoms with Gasteiger partial charge in [0.15, 0.2) is 5.76 Å².